The van der Waals surface area contributed by atoms with Crippen LogP contribution in [0.2, 0.25) is 0 Å². The van der Waals surface area contributed by atoms with Gasteiger partial charge in [0.1, 0.15) is 10.7 Å². The summed E-state index contributed by atoms with van der Waals surface area (Å²) in [5, 5.41) is 7.32. The maximum Gasteiger partial charge on any atom is 0.298 e. The highest BCUT2D eigenvalue weighted by Crippen LogP contribution is 2.13. The molecule has 0 radical (unpaired) electrons. The van der Waals surface area contributed by atoms with Crippen LogP contribution in [0.5, 0.6) is 0 Å². The highest BCUT2D eigenvalue weighted by Gasteiger charge is 2.13. The topological polar surface area (TPSA) is 85.6 Å². The van der Waals surface area contributed by atoms with E-state index in [0.29, 0.717) is 22.1 Å². The largest absolute Gasteiger partial charge is 0.377 e. The van der Waals surface area contributed by atoms with Crippen molar-refractivity contribution in [1.82, 2.24) is 14.6 Å². The SMILES string of the molecule is COCc1nn2c(=O)c(NC(=O)c3ccccc3)cnc2s1. The third kappa shape index (κ3) is 2.74. The Morgan fingerprint density at radius 2 is 2.14 bits per heavy atom. The normalized spacial score (nSPS) is 10.8. The lowest BCUT2D eigenvalue weighted by Crippen LogP contribution is -2.23. The van der Waals surface area contributed by atoms with Crippen LogP contribution in [0.1, 0.15) is 15.4 Å². The Labute approximate surface area is 129 Å². The molecule has 0 saturated heterocycles. The number of nitrogens with one attached hydrogen (secondary N) is 1. The van der Waals surface area contributed by atoms with Crippen LogP contribution in [0.25, 0.3) is 4.96 Å². The van der Waals surface area contributed by atoms with Crippen molar-refractivity contribution in [2.75, 3.05) is 12.4 Å². The number of hydrogen-bond donors (Lipinski definition) is 1. The number of amides is 1. The van der Waals surface area contributed by atoms with E-state index in [1.54, 1.807) is 31.4 Å². The molecule has 3 rings (SSSR count). The third-order valence-corrected chi connectivity index (χ3v) is 3.78. The Kier molecular flexibility index (Phi) is 3.94. The van der Waals surface area contributed by atoms with E-state index in [1.807, 2.05) is 6.07 Å². The van der Waals surface area contributed by atoms with Crippen molar-refractivity contribution in [3.8, 4) is 0 Å². The summed E-state index contributed by atoms with van der Waals surface area (Å²) in [7, 11) is 1.55. The van der Waals surface area contributed by atoms with E-state index in [0.717, 1.165) is 0 Å². The molecule has 1 N–H and O–H groups in total. The van der Waals surface area contributed by atoms with Gasteiger partial charge in [0.05, 0.1) is 12.8 Å². The molecule has 22 heavy (non-hydrogen) atoms. The van der Waals surface area contributed by atoms with Gasteiger partial charge in [-0.1, -0.05) is 29.5 Å². The van der Waals surface area contributed by atoms with E-state index < -0.39 is 5.56 Å². The minimum Gasteiger partial charge on any atom is -0.377 e. The number of ether oxygens (including phenoxy) is 1. The fourth-order valence-corrected chi connectivity index (χ4v) is 2.70. The number of aromatic nitrogens is 3. The zero-order chi connectivity index (χ0) is 15.5. The van der Waals surface area contributed by atoms with Crippen molar-refractivity contribution < 1.29 is 9.53 Å². The second-order valence-electron chi connectivity index (χ2n) is 4.42. The number of carbonyl (C=O) groups excluding carboxylic acids is 1. The maximum atomic E-state index is 12.3. The predicted octanol–water partition coefficient (Wildman–Crippen LogP) is 1.55. The molecule has 0 aliphatic rings. The van der Waals surface area contributed by atoms with Crippen LogP contribution in [0.4, 0.5) is 5.69 Å². The Morgan fingerprint density at radius 3 is 2.86 bits per heavy atom. The van der Waals surface area contributed by atoms with Gasteiger partial charge in [-0.2, -0.15) is 9.61 Å². The Bertz CT molecular complexity index is 873. The first kappa shape index (κ1) is 14.4. The number of fused-ring (bicyclic) bond motifs is 1. The van der Waals surface area contributed by atoms with Crippen molar-refractivity contribution in [1.29, 1.82) is 0 Å². The molecule has 0 aliphatic heterocycles. The van der Waals surface area contributed by atoms with Gasteiger partial charge < -0.3 is 10.1 Å². The summed E-state index contributed by atoms with van der Waals surface area (Å²) in [6.45, 7) is 0.305. The Morgan fingerprint density at radius 1 is 1.36 bits per heavy atom. The summed E-state index contributed by atoms with van der Waals surface area (Å²) in [6, 6.07) is 8.64. The molecular weight excluding hydrogens is 304 g/mol. The van der Waals surface area contributed by atoms with E-state index in [-0.39, 0.29) is 11.6 Å². The fraction of sp³-hybridized carbons (Fsp3) is 0.143. The second kappa shape index (κ2) is 6.04. The van der Waals surface area contributed by atoms with Crippen molar-refractivity contribution in [2.24, 2.45) is 0 Å². The van der Waals surface area contributed by atoms with Gasteiger partial charge >= 0.3 is 0 Å². The molecule has 3 aromatic rings. The molecule has 2 heterocycles. The van der Waals surface area contributed by atoms with Crippen LogP contribution < -0.4 is 10.9 Å². The molecule has 0 aliphatic carbocycles. The molecule has 7 nitrogen and oxygen atoms in total. The lowest BCUT2D eigenvalue weighted by molar-refractivity contribution is 0.102. The number of methoxy groups -OCH3 is 1. The molecule has 2 aromatic heterocycles. The van der Waals surface area contributed by atoms with Crippen LogP contribution in [-0.2, 0) is 11.3 Å². The smallest absolute Gasteiger partial charge is 0.298 e. The first-order chi connectivity index (χ1) is 10.7. The number of nitrogens with zero attached hydrogens (tertiary/aromatic N) is 3. The molecule has 0 spiro atoms. The van der Waals surface area contributed by atoms with Gasteiger partial charge in [-0.05, 0) is 12.1 Å². The molecule has 1 aromatic carbocycles. The molecule has 0 atom stereocenters. The minimum atomic E-state index is -0.423. The molecule has 112 valence electrons. The zero-order valence-electron chi connectivity index (χ0n) is 11.6. The second-order valence-corrected chi connectivity index (χ2v) is 5.46. The standard InChI is InChI=1S/C14H12N4O3S/c1-21-8-11-17-18-13(20)10(7-15-14(18)22-11)16-12(19)9-5-3-2-4-6-9/h2-7H,8H2,1H3,(H,16,19). The molecule has 1 amide bonds. The van der Waals surface area contributed by atoms with Crippen LogP contribution in [-0.4, -0.2) is 27.6 Å². The van der Waals surface area contributed by atoms with Gasteiger partial charge in [0.25, 0.3) is 11.5 Å². The highest BCUT2D eigenvalue weighted by molar-refractivity contribution is 7.16. The molecule has 0 saturated carbocycles. The summed E-state index contributed by atoms with van der Waals surface area (Å²) in [6.07, 6.45) is 1.34. The fourth-order valence-electron chi connectivity index (χ4n) is 1.88. The molecule has 0 bridgehead atoms. The first-order valence-corrected chi connectivity index (χ1v) is 7.24. The molecule has 0 fully saturated rings. The summed E-state index contributed by atoms with van der Waals surface area (Å²) in [5.74, 6) is -0.369. The van der Waals surface area contributed by atoms with Crippen molar-refractivity contribution in [2.45, 2.75) is 6.61 Å². The quantitative estimate of drug-likeness (QED) is 0.789. The van der Waals surface area contributed by atoms with Crippen LogP contribution in [0, 0.1) is 0 Å². The lowest BCUT2D eigenvalue weighted by atomic mass is 10.2. The van der Waals surface area contributed by atoms with E-state index in [2.05, 4.69) is 15.4 Å². The van der Waals surface area contributed by atoms with Crippen LogP contribution in [0.15, 0.2) is 41.3 Å². The summed E-state index contributed by atoms with van der Waals surface area (Å²) in [5.41, 5.74) is 0.124. The highest BCUT2D eigenvalue weighted by atomic mass is 32.1. The minimum absolute atomic E-state index is 0.0839. The maximum absolute atomic E-state index is 12.3. The molecule has 8 heteroatoms. The number of carbonyl (C=O) groups is 1. The monoisotopic (exact) mass is 316 g/mol. The van der Waals surface area contributed by atoms with Crippen molar-refractivity contribution in [3.05, 3.63) is 57.5 Å². The van der Waals surface area contributed by atoms with Gasteiger partial charge in [-0.15, -0.1) is 0 Å². The van der Waals surface area contributed by atoms with E-state index >= 15 is 0 Å². The molecular formula is C14H12N4O3S. The average Bonchev–Trinajstić information content (AvgIpc) is 2.95. The molecule has 0 unspecified atom stereocenters. The van der Waals surface area contributed by atoms with Gasteiger partial charge in [0.2, 0.25) is 4.96 Å². The lowest BCUT2D eigenvalue weighted by Gasteiger charge is -2.03. The third-order valence-electron chi connectivity index (χ3n) is 2.88. The summed E-state index contributed by atoms with van der Waals surface area (Å²) < 4.78 is 6.15. The number of rotatable bonds is 4. The summed E-state index contributed by atoms with van der Waals surface area (Å²) in [4.78, 5) is 29.0. The van der Waals surface area contributed by atoms with E-state index in [9.17, 15) is 9.59 Å². The summed E-state index contributed by atoms with van der Waals surface area (Å²) >= 11 is 1.26. The number of hydrogen-bond acceptors (Lipinski definition) is 6. The average molecular weight is 316 g/mol. The van der Waals surface area contributed by atoms with Crippen molar-refractivity contribution >= 4 is 27.9 Å². The van der Waals surface area contributed by atoms with Crippen LogP contribution in [0.3, 0.4) is 0 Å². The zero-order valence-corrected chi connectivity index (χ0v) is 12.5. The van der Waals surface area contributed by atoms with Gasteiger partial charge in [-0.3, -0.25) is 9.59 Å². The van der Waals surface area contributed by atoms with Crippen LogP contribution >= 0.6 is 11.3 Å². The van der Waals surface area contributed by atoms with Gasteiger partial charge in [0.15, 0.2) is 0 Å². The number of anilines is 1. The Balaban J connectivity index is 1.93. The van der Waals surface area contributed by atoms with E-state index in [1.165, 1.54) is 22.0 Å². The van der Waals surface area contributed by atoms with Crippen molar-refractivity contribution in [3.63, 3.8) is 0 Å². The number of benzene rings is 1. The van der Waals surface area contributed by atoms with Gasteiger partial charge in [0, 0.05) is 12.7 Å². The van der Waals surface area contributed by atoms with Gasteiger partial charge in [-0.25, -0.2) is 4.98 Å². The Hall–Kier alpha value is -2.58. The van der Waals surface area contributed by atoms with E-state index in [4.69, 9.17) is 4.74 Å². The first-order valence-electron chi connectivity index (χ1n) is 6.42. The predicted molar refractivity (Wildman–Crippen MR) is 82.2 cm³/mol.